The number of hydrogen-bond donors (Lipinski definition) is 0. The first kappa shape index (κ1) is 13.5. The third-order valence-electron chi connectivity index (χ3n) is 4.41. The second-order valence-electron chi connectivity index (χ2n) is 5.87. The molecule has 0 aromatic carbocycles. The molecule has 1 saturated heterocycles. The van der Waals surface area contributed by atoms with Crippen molar-refractivity contribution >= 4 is 22.5 Å². The van der Waals surface area contributed by atoms with Crippen LogP contribution < -0.4 is 4.90 Å². The highest BCUT2D eigenvalue weighted by Crippen LogP contribution is 2.25. The molecule has 5 heteroatoms. The van der Waals surface area contributed by atoms with Gasteiger partial charge in [0, 0.05) is 38.6 Å². The van der Waals surface area contributed by atoms with Gasteiger partial charge in [-0.05, 0) is 37.2 Å². The van der Waals surface area contributed by atoms with Gasteiger partial charge in [0.15, 0.2) is 11.5 Å². The Labute approximate surface area is 130 Å². The number of nitrogens with zero attached hydrogens (tertiary/aromatic N) is 5. The lowest BCUT2D eigenvalue weighted by Crippen LogP contribution is -2.47. The fourth-order valence-corrected chi connectivity index (χ4v) is 3.31. The Kier molecular flexibility index (Phi) is 3.42. The summed E-state index contributed by atoms with van der Waals surface area (Å²) in [6.45, 7) is 7.76. The molecule has 4 rings (SSSR count). The first-order valence-electron chi connectivity index (χ1n) is 8.06. The molecule has 0 N–H and O–H groups in total. The highest BCUT2D eigenvalue weighted by Gasteiger charge is 2.20. The molecule has 0 atom stereocenters. The summed E-state index contributed by atoms with van der Waals surface area (Å²) in [5.41, 5.74) is 3.03. The lowest BCUT2D eigenvalue weighted by Gasteiger charge is -2.35. The van der Waals surface area contributed by atoms with Crippen molar-refractivity contribution in [1.29, 1.82) is 0 Å². The van der Waals surface area contributed by atoms with Crippen LogP contribution >= 0.6 is 0 Å². The van der Waals surface area contributed by atoms with Crippen LogP contribution in [-0.2, 0) is 0 Å². The molecule has 0 unspecified atom stereocenters. The first-order valence-corrected chi connectivity index (χ1v) is 8.06. The summed E-state index contributed by atoms with van der Waals surface area (Å²) in [5, 5.41) is 0. The molecule has 0 saturated carbocycles. The van der Waals surface area contributed by atoms with Crippen LogP contribution in [0, 0.1) is 0 Å². The Morgan fingerprint density at radius 1 is 1.09 bits per heavy atom. The van der Waals surface area contributed by atoms with Crippen molar-refractivity contribution in [2.45, 2.75) is 13.3 Å². The fraction of sp³-hybridized carbons (Fsp3) is 0.412. The molecule has 114 valence electrons. The molecule has 22 heavy (non-hydrogen) atoms. The van der Waals surface area contributed by atoms with Crippen LogP contribution in [0.2, 0.25) is 0 Å². The van der Waals surface area contributed by atoms with Gasteiger partial charge in [-0.25, -0.2) is 9.97 Å². The molecule has 0 spiro atoms. The fourth-order valence-electron chi connectivity index (χ4n) is 3.31. The molecule has 1 aliphatic heterocycles. The standard InChI is InChI=1S/C17H21N5/c1-2-8-20-10-12-21(13-11-20)17-15-6-4-9-22(15)16-14(19-17)5-3-7-18-16/h3-7,9H,2,8,10-13H2,1H3. The van der Waals surface area contributed by atoms with Crippen LogP contribution in [0.25, 0.3) is 16.7 Å². The molecule has 0 radical (unpaired) electrons. The summed E-state index contributed by atoms with van der Waals surface area (Å²) in [4.78, 5) is 14.3. The summed E-state index contributed by atoms with van der Waals surface area (Å²) in [5.74, 6) is 1.08. The number of aromatic nitrogens is 3. The molecule has 5 nitrogen and oxygen atoms in total. The summed E-state index contributed by atoms with van der Waals surface area (Å²) in [6.07, 6.45) is 5.12. The van der Waals surface area contributed by atoms with Gasteiger partial charge < -0.3 is 4.90 Å². The van der Waals surface area contributed by atoms with Crippen LogP contribution in [0.3, 0.4) is 0 Å². The molecule has 1 fully saturated rings. The van der Waals surface area contributed by atoms with Crippen molar-refractivity contribution in [2.75, 3.05) is 37.6 Å². The van der Waals surface area contributed by atoms with Gasteiger partial charge in [0.25, 0.3) is 0 Å². The minimum atomic E-state index is 0.927. The maximum absolute atomic E-state index is 4.89. The van der Waals surface area contributed by atoms with Gasteiger partial charge in [0.05, 0.1) is 5.52 Å². The highest BCUT2D eigenvalue weighted by molar-refractivity contribution is 5.82. The molecule has 0 aliphatic carbocycles. The molecule has 0 bridgehead atoms. The van der Waals surface area contributed by atoms with E-state index in [-0.39, 0.29) is 0 Å². The molecular formula is C17H21N5. The maximum atomic E-state index is 4.89. The van der Waals surface area contributed by atoms with Gasteiger partial charge in [-0.15, -0.1) is 0 Å². The zero-order chi connectivity index (χ0) is 14.9. The second kappa shape index (κ2) is 5.57. The predicted octanol–water partition coefficient (Wildman–Crippen LogP) is 2.41. The number of hydrogen-bond acceptors (Lipinski definition) is 4. The molecular weight excluding hydrogens is 274 g/mol. The van der Waals surface area contributed by atoms with Crippen molar-refractivity contribution in [2.24, 2.45) is 0 Å². The largest absolute Gasteiger partial charge is 0.352 e. The molecule has 3 aromatic heterocycles. The van der Waals surface area contributed by atoms with E-state index in [9.17, 15) is 0 Å². The lowest BCUT2D eigenvalue weighted by atomic mass is 10.2. The van der Waals surface area contributed by atoms with Crippen LogP contribution in [0.5, 0.6) is 0 Å². The molecule has 1 aliphatic rings. The Balaban J connectivity index is 1.73. The Morgan fingerprint density at radius 2 is 1.95 bits per heavy atom. The summed E-state index contributed by atoms with van der Waals surface area (Å²) >= 11 is 0. The number of anilines is 1. The topological polar surface area (TPSA) is 36.7 Å². The zero-order valence-corrected chi connectivity index (χ0v) is 12.9. The van der Waals surface area contributed by atoms with Crippen molar-refractivity contribution in [3.63, 3.8) is 0 Å². The van der Waals surface area contributed by atoms with Crippen molar-refractivity contribution in [3.05, 3.63) is 36.7 Å². The van der Waals surface area contributed by atoms with Crippen LogP contribution in [-0.4, -0.2) is 52.0 Å². The van der Waals surface area contributed by atoms with Crippen molar-refractivity contribution in [3.8, 4) is 0 Å². The van der Waals surface area contributed by atoms with E-state index in [4.69, 9.17) is 4.98 Å². The SMILES string of the molecule is CCCN1CCN(c2nc3cccnc3n3cccc23)CC1. The monoisotopic (exact) mass is 295 g/mol. The van der Waals surface area contributed by atoms with Crippen LogP contribution in [0.1, 0.15) is 13.3 Å². The highest BCUT2D eigenvalue weighted by atomic mass is 15.3. The average molecular weight is 295 g/mol. The van der Waals surface area contributed by atoms with Crippen molar-refractivity contribution in [1.82, 2.24) is 19.3 Å². The quantitative estimate of drug-likeness (QED) is 0.743. The third kappa shape index (κ3) is 2.22. The normalized spacial score (nSPS) is 16.7. The van der Waals surface area contributed by atoms with E-state index in [0.29, 0.717) is 0 Å². The Morgan fingerprint density at radius 3 is 2.77 bits per heavy atom. The number of rotatable bonds is 3. The average Bonchev–Trinajstić information content (AvgIpc) is 3.05. The summed E-state index contributed by atoms with van der Waals surface area (Å²) < 4.78 is 2.15. The zero-order valence-electron chi connectivity index (χ0n) is 12.9. The van der Waals surface area contributed by atoms with E-state index >= 15 is 0 Å². The van der Waals surface area contributed by atoms with Gasteiger partial charge in [0.1, 0.15) is 5.52 Å². The van der Waals surface area contributed by atoms with Gasteiger partial charge in [0.2, 0.25) is 0 Å². The number of piperazine rings is 1. The molecule has 4 heterocycles. The van der Waals surface area contributed by atoms with E-state index in [1.807, 2.05) is 18.3 Å². The summed E-state index contributed by atoms with van der Waals surface area (Å²) in [6, 6.07) is 8.20. The van der Waals surface area contributed by atoms with E-state index in [2.05, 4.69) is 44.4 Å². The smallest absolute Gasteiger partial charge is 0.163 e. The third-order valence-corrected chi connectivity index (χ3v) is 4.41. The number of pyridine rings is 1. The molecule has 3 aromatic rings. The van der Waals surface area contributed by atoms with Gasteiger partial charge in [-0.2, -0.15) is 0 Å². The molecule has 0 amide bonds. The van der Waals surface area contributed by atoms with Crippen LogP contribution in [0.4, 0.5) is 5.82 Å². The number of fused-ring (bicyclic) bond motifs is 3. The maximum Gasteiger partial charge on any atom is 0.163 e. The second-order valence-corrected chi connectivity index (χ2v) is 5.87. The Bertz CT molecular complexity index is 786. The van der Waals surface area contributed by atoms with Gasteiger partial charge in [-0.1, -0.05) is 6.92 Å². The summed E-state index contributed by atoms with van der Waals surface area (Å²) in [7, 11) is 0. The predicted molar refractivity (Wildman–Crippen MR) is 89.4 cm³/mol. The van der Waals surface area contributed by atoms with E-state index in [0.717, 1.165) is 48.7 Å². The van der Waals surface area contributed by atoms with Crippen LogP contribution in [0.15, 0.2) is 36.7 Å². The van der Waals surface area contributed by atoms with Gasteiger partial charge in [-0.3, -0.25) is 9.30 Å². The van der Waals surface area contributed by atoms with Gasteiger partial charge >= 0.3 is 0 Å². The minimum Gasteiger partial charge on any atom is -0.352 e. The van der Waals surface area contributed by atoms with E-state index in [1.165, 1.54) is 13.0 Å². The lowest BCUT2D eigenvalue weighted by molar-refractivity contribution is 0.258. The minimum absolute atomic E-state index is 0.927. The first-order chi connectivity index (χ1) is 10.9. The Hall–Kier alpha value is -2.14. The van der Waals surface area contributed by atoms with E-state index < -0.39 is 0 Å². The van der Waals surface area contributed by atoms with Crippen molar-refractivity contribution < 1.29 is 0 Å². The van der Waals surface area contributed by atoms with E-state index in [1.54, 1.807) is 0 Å².